The van der Waals surface area contributed by atoms with Gasteiger partial charge < -0.3 is 5.32 Å². The number of rotatable bonds is 5. The lowest BCUT2D eigenvalue weighted by atomic mass is 10.2. The molecule has 144 valence electrons. The molecular weight excluding hydrogens is 380 g/mol. The highest BCUT2D eigenvalue weighted by Crippen LogP contribution is 2.21. The Morgan fingerprint density at radius 3 is 2.07 bits per heavy atom. The van der Waals surface area contributed by atoms with Crippen molar-refractivity contribution in [3.05, 3.63) is 54.1 Å². The van der Waals surface area contributed by atoms with E-state index < -0.39 is 10.0 Å². The molecule has 1 fully saturated rings. The Kier molecular flexibility index (Phi) is 6.57. The van der Waals surface area contributed by atoms with Crippen molar-refractivity contribution in [2.45, 2.75) is 35.5 Å². The van der Waals surface area contributed by atoms with Crippen LogP contribution in [0.25, 0.3) is 0 Å². The van der Waals surface area contributed by atoms with Gasteiger partial charge in [-0.15, -0.1) is 11.8 Å². The van der Waals surface area contributed by atoms with Gasteiger partial charge in [0.1, 0.15) is 0 Å². The molecule has 2 aromatic rings. The van der Waals surface area contributed by atoms with Crippen LogP contribution in [0.2, 0.25) is 0 Å². The van der Waals surface area contributed by atoms with Gasteiger partial charge in [0.15, 0.2) is 0 Å². The van der Waals surface area contributed by atoms with Gasteiger partial charge in [-0.25, -0.2) is 8.42 Å². The molecule has 0 saturated carbocycles. The maximum absolute atomic E-state index is 12.8. The first-order valence-corrected chi connectivity index (χ1v) is 11.7. The quantitative estimate of drug-likeness (QED) is 0.758. The molecule has 0 atom stereocenters. The maximum Gasteiger partial charge on any atom is 0.255 e. The van der Waals surface area contributed by atoms with Crippen LogP contribution in [-0.4, -0.2) is 38.0 Å². The number of amides is 1. The standard InChI is InChI=1S/C20H24N2O3S2/c1-26-18-10-8-17(9-11-18)21-20(23)16-6-12-19(13-7-16)27(24,25)22-14-4-2-3-5-15-22/h6-13H,2-5,14-15H2,1H3,(H,21,23). The van der Waals surface area contributed by atoms with E-state index in [0.717, 1.165) is 30.6 Å². The molecule has 0 unspecified atom stereocenters. The van der Waals surface area contributed by atoms with Crippen molar-refractivity contribution in [3.8, 4) is 0 Å². The van der Waals surface area contributed by atoms with Gasteiger partial charge in [-0.1, -0.05) is 12.8 Å². The number of sulfonamides is 1. The number of nitrogens with zero attached hydrogens (tertiary/aromatic N) is 1. The highest BCUT2D eigenvalue weighted by Gasteiger charge is 2.25. The molecule has 1 heterocycles. The fraction of sp³-hybridized carbons (Fsp3) is 0.350. The second-order valence-corrected chi connectivity index (χ2v) is 9.34. The van der Waals surface area contributed by atoms with Crippen LogP contribution in [0.1, 0.15) is 36.0 Å². The van der Waals surface area contributed by atoms with Crippen molar-refractivity contribution in [1.29, 1.82) is 0 Å². The summed E-state index contributed by atoms with van der Waals surface area (Å²) in [6.45, 7) is 1.13. The fourth-order valence-electron chi connectivity index (χ4n) is 3.09. The molecule has 27 heavy (non-hydrogen) atoms. The number of thioether (sulfide) groups is 1. The minimum Gasteiger partial charge on any atom is -0.322 e. The second kappa shape index (κ2) is 8.91. The van der Waals surface area contributed by atoms with Gasteiger partial charge in [-0.3, -0.25) is 4.79 Å². The van der Waals surface area contributed by atoms with Crippen LogP contribution >= 0.6 is 11.8 Å². The summed E-state index contributed by atoms with van der Waals surface area (Å²) in [7, 11) is -3.50. The molecule has 1 N–H and O–H groups in total. The molecule has 1 aliphatic heterocycles. The Morgan fingerprint density at radius 2 is 1.52 bits per heavy atom. The summed E-state index contributed by atoms with van der Waals surface area (Å²) in [5.74, 6) is -0.259. The van der Waals surface area contributed by atoms with Crippen molar-refractivity contribution >= 4 is 33.4 Å². The molecule has 1 aliphatic rings. The van der Waals surface area contributed by atoms with Crippen molar-refractivity contribution in [2.75, 3.05) is 24.7 Å². The van der Waals surface area contributed by atoms with Crippen molar-refractivity contribution in [2.24, 2.45) is 0 Å². The normalized spacial score (nSPS) is 15.9. The van der Waals surface area contributed by atoms with Gasteiger partial charge in [0.2, 0.25) is 10.0 Å². The number of benzene rings is 2. The minimum absolute atomic E-state index is 0.241. The van der Waals surface area contributed by atoms with Crippen LogP contribution in [0.15, 0.2) is 58.3 Å². The predicted molar refractivity (Wildman–Crippen MR) is 110 cm³/mol. The lowest BCUT2D eigenvalue weighted by Crippen LogP contribution is -2.31. The SMILES string of the molecule is CSc1ccc(NC(=O)c2ccc(S(=O)(=O)N3CCCCCC3)cc2)cc1. The van der Waals surface area contributed by atoms with E-state index in [1.807, 2.05) is 30.5 Å². The Morgan fingerprint density at radius 1 is 0.926 bits per heavy atom. The summed E-state index contributed by atoms with van der Waals surface area (Å²) in [6.07, 6.45) is 5.94. The topological polar surface area (TPSA) is 66.5 Å². The highest BCUT2D eigenvalue weighted by atomic mass is 32.2. The van der Waals surface area contributed by atoms with E-state index in [1.165, 1.54) is 12.1 Å². The zero-order valence-electron chi connectivity index (χ0n) is 15.3. The van der Waals surface area contributed by atoms with E-state index in [-0.39, 0.29) is 10.8 Å². The molecule has 0 radical (unpaired) electrons. The van der Waals surface area contributed by atoms with Gasteiger partial charge in [0.25, 0.3) is 5.91 Å². The number of hydrogen-bond acceptors (Lipinski definition) is 4. The number of nitrogens with one attached hydrogen (secondary N) is 1. The van der Waals surface area contributed by atoms with Crippen LogP contribution < -0.4 is 5.32 Å². The van der Waals surface area contributed by atoms with Crippen LogP contribution in [0.3, 0.4) is 0 Å². The smallest absolute Gasteiger partial charge is 0.255 e. The van der Waals surface area contributed by atoms with Gasteiger partial charge >= 0.3 is 0 Å². The Balaban J connectivity index is 1.70. The molecule has 0 bridgehead atoms. The van der Waals surface area contributed by atoms with Gasteiger partial charge in [0, 0.05) is 29.2 Å². The monoisotopic (exact) mass is 404 g/mol. The molecule has 0 aliphatic carbocycles. The lowest BCUT2D eigenvalue weighted by Gasteiger charge is -2.20. The predicted octanol–water partition coefficient (Wildman–Crippen LogP) is 4.23. The molecule has 1 amide bonds. The maximum atomic E-state index is 12.8. The molecule has 3 rings (SSSR count). The molecule has 0 spiro atoms. The van der Waals surface area contributed by atoms with Crippen molar-refractivity contribution in [1.82, 2.24) is 4.31 Å². The first kappa shape index (κ1) is 19.9. The van der Waals surface area contributed by atoms with E-state index in [1.54, 1.807) is 28.2 Å². The average molecular weight is 405 g/mol. The number of hydrogen-bond donors (Lipinski definition) is 1. The third kappa shape index (κ3) is 4.91. The number of carbonyl (C=O) groups is 1. The van der Waals surface area contributed by atoms with Gasteiger partial charge in [0.05, 0.1) is 4.90 Å². The van der Waals surface area contributed by atoms with E-state index in [0.29, 0.717) is 24.3 Å². The van der Waals surface area contributed by atoms with Crippen LogP contribution in [0.4, 0.5) is 5.69 Å². The summed E-state index contributed by atoms with van der Waals surface area (Å²) in [6, 6.07) is 13.8. The highest BCUT2D eigenvalue weighted by molar-refractivity contribution is 7.98. The first-order valence-electron chi connectivity index (χ1n) is 9.06. The van der Waals surface area contributed by atoms with E-state index in [4.69, 9.17) is 0 Å². The number of carbonyl (C=O) groups excluding carboxylic acids is 1. The Bertz CT molecular complexity index is 870. The third-order valence-corrected chi connectivity index (χ3v) is 7.32. The summed E-state index contributed by atoms with van der Waals surface area (Å²) in [5.41, 5.74) is 1.14. The summed E-state index contributed by atoms with van der Waals surface area (Å²) >= 11 is 1.64. The molecule has 5 nitrogen and oxygen atoms in total. The second-order valence-electron chi connectivity index (χ2n) is 6.53. The summed E-state index contributed by atoms with van der Waals surface area (Å²) in [5, 5.41) is 2.83. The molecule has 1 saturated heterocycles. The largest absolute Gasteiger partial charge is 0.322 e. The van der Waals surface area contributed by atoms with Gasteiger partial charge in [-0.05, 0) is 67.6 Å². The minimum atomic E-state index is -3.50. The van der Waals surface area contributed by atoms with Crippen LogP contribution in [0.5, 0.6) is 0 Å². The van der Waals surface area contributed by atoms with E-state index in [9.17, 15) is 13.2 Å². The first-order chi connectivity index (χ1) is 13.0. The van der Waals surface area contributed by atoms with E-state index in [2.05, 4.69) is 5.32 Å². The summed E-state index contributed by atoms with van der Waals surface area (Å²) < 4.78 is 27.1. The lowest BCUT2D eigenvalue weighted by molar-refractivity contribution is 0.102. The molecule has 0 aromatic heterocycles. The number of anilines is 1. The van der Waals surface area contributed by atoms with E-state index >= 15 is 0 Å². The Labute approximate surface area is 165 Å². The fourth-order valence-corrected chi connectivity index (χ4v) is 5.01. The Hall–Kier alpha value is -1.83. The molecule has 7 heteroatoms. The molecule has 2 aromatic carbocycles. The summed E-state index contributed by atoms with van der Waals surface area (Å²) in [4.78, 5) is 13.8. The molecular formula is C20H24N2O3S2. The van der Waals surface area contributed by atoms with Crippen LogP contribution in [-0.2, 0) is 10.0 Å². The van der Waals surface area contributed by atoms with Gasteiger partial charge in [-0.2, -0.15) is 4.31 Å². The zero-order chi connectivity index (χ0) is 19.3. The van der Waals surface area contributed by atoms with Crippen LogP contribution in [0, 0.1) is 0 Å². The van der Waals surface area contributed by atoms with Crippen molar-refractivity contribution < 1.29 is 13.2 Å². The average Bonchev–Trinajstić information content (AvgIpc) is 2.99. The zero-order valence-corrected chi connectivity index (χ0v) is 17.0. The van der Waals surface area contributed by atoms with Crippen molar-refractivity contribution in [3.63, 3.8) is 0 Å². The third-order valence-electron chi connectivity index (χ3n) is 4.67.